The molecule has 0 aliphatic carbocycles. The van der Waals surface area contributed by atoms with Gasteiger partial charge in [-0.05, 0) is 54.3 Å². The highest BCUT2D eigenvalue weighted by molar-refractivity contribution is 5.92. The van der Waals surface area contributed by atoms with E-state index in [2.05, 4.69) is 22.3 Å². The first kappa shape index (κ1) is 22.1. The van der Waals surface area contributed by atoms with Gasteiger partial charge in [-0.1, -0.05) is 30.3 Å². The van der Waals surface area contributed by atoms with Gasteiger partial charge in [0.25, 0.3) is 5.91 Å². The molecule has 0 bridgehead atoms. The first-order chi connectivity index (χ1) is 16.6. The number of benzene rings is 2. The number of methoxy groups -OCH3 is 1. The molecule has 1 saturated heterocycles. The lowest BCUT2D eigenvalue weighted by molar-refractivity contribution is -0.126. The fraction of sp³-hybridized carbons (Fsp3) is 0.333. The van der Waals surface area contributed by atoms with Gasteiger partial charge in [-0.3, -0.25) is 9.59 Å². The van der Waals surface area contributed by atoms with Crippen molar-refractivity contribution in [2.75, 3.05) is 38.2 Å². The van der Waals surface area contributed by atoms with Crippen molar-refractivity contribution in [3.63, 3.8) is 0 Å². The standard InChI is InChI=1S/C27H29N3O4/c1-33-21-10-8-19(9-11-21)12-13-28-26(31)22-17-20-5-2-3-6-23(20)30-15-14-29(18-24(22)30)27(32)25-7-4-16-34-25/h2-11,16,22,24H,12-15,17-18H2,1H3,(H,28,31). The minimum absolute atomic E-state index is 0.0327. The van der Waals surface area contributed by atoms with Crippen LogP contribution in [-0.2, 0) is 17.6 Å². The van der Waals surface area contributed by atoms with E-state index in [1.54, 1.807) is 19.2 Å². The van der Waals surface area contributed by atoms with Crippen molar-refractivity contribution in [2.45, 2.75) is 18.9 Å². The molecule has 0 saturated carbocycles. The third kappa shape index (κ3) is 4.38. The highest BCUT2D eigenvalue weighted by Crippen LogP contribution is 2.36. The number of para-hydroxylation sites is 1. The van der Waals surface area contributed by atoms with Crippen LogP contribution in [0.15, 0.2) is 71.3 Å². The van der Waals surface area contributed by atoms with E-state index < -0.39 is 0 Å². The molecule has 176 valence electrons. The summed E-state index contributed by atoms with van der Waals surface area (Å²) in [6, 6.07) is 19.5. The Morgan fingerprint density at radius 2 is 1.88 bits per heavy atom. The van der Waals surface area contributed by atoms with E-state index in [4.69, 9.17) is 9.15 Å². The van der Waals surface area contributed by atoms with Gasteiger partial charge in [0.1, 0.15) is 5.75 Å². The lowest BCUT2D eigenvalue weighted by atomic mass is 9.83. The minimum Gasteiger partial charge on any atom is -0.497 e. The summed E-state index contributed by atoms with van der Waals surface area (Å²) in [6.07, 6.45) is 2.92. The zero-order chi connectivity index (χ0) is 23.5. The maximum atomic E-state index is 13.4. The molecule has 2 aromatic carbocycles. The van der Waals surface area contributed by atoms with Crippen molar-refractivity contribution in [3.05, 3.63) is 83.8 Å². The largest absolute Gasteiger partial charge is 0.497 e. The number of ether oxygens (including phenoxy) is 1. The van der Waals surface area contributed by atoms with Crippen LogP contribution < -0.4 is 15.0 Å². The van der Waals surface area contributed by atoms with Gasteiger partial charge in [-0.2, -0.15) is 0 Å². The molecule has 2 unspecified atom stereocenters. The molecule has 0 radical (unpaired) electrons. The monoisotopic (exact) mass is 459 g/mol. The van der Waals surface area contributed by atoms with Gasteiger partial charge in [0.05, 0.1) is 25.3 Å². The Morgan fingerprint density at radius 3 is 2.65 bits per heavy atom. The molecule has 7 nitrogen and oxygen atoms in total. The summed E-state index contributed by atoms with van der Waals surface area (Å²) in [5.41, 5.74) is 3.49. The number of nitrogens with zero attached hydrogens (tertiary/aromatic N) is 2. The van der Waals surface area contributed by atoms with Crippen LogP contribution in [0.2, 0.25) is 0 Å². The summed E-state index contributed by atoms with van der Waals surface area (Å²) >= 11 is 0. The Morgan fingerprint density at radius 1 is 1.06 bits per heavy atom. The van der Waals surface area contributed by atoms with Crippen molar-refractivity contribution in [1.82, 2.24) is 10.2 Å². The normalized spacial score (nSPS) is 19.2. The number of carbonyl (C=O) groups is 2. The topological polar surface area (TPSA) is 75.0 Å². The Labute approximate surface area is 199 Å². The molecule has 1 N–H and O–H groups in total. The molecule has 5 rings (SSSR count). The Bertz CT molecular complexity index is 1140. The third-order valence-electron chi connectivity index (χ3n) is 6.85. The van der Waals surface area contributed by atoms with Crippen molar-refractivity contribution >= 4 is 17.5 Å². The highest BCUT2D eigenvalue weighted by Gasteiger charge is 2.42. The van der Waals surface area contributed by atoms with E-state index >= 15 is 0 Å². The van der Waals surface area contributed by atoms with Crippen molar-refractivity contribution < 1.29 is 18.7 Å². The predicted octanol–water partition coefficient (Wildman–Crippen LogP) is 3.15. The molecule has 2 amide bonds. The Balaban J connectivity index is 1.30. The molecule has 2 atom stereocenters. The smallest absolute Gasteiger partial charge is 0.289 e. The summed E-state index contributed by atoms with van der Waals surface area (Å²) < 4.78 is 10.5. The number of hydrogen-bond donors (Lipinski definition) is 1. The minimum atomic E-state index is -0.238. The second-order valence-corrected chi connectivity index (χ2v) is 8.82. The van der Waals surface area contributed by atoms with E-state index in [1.807, 2.05) is 41.3 Å². The van der Waals surface area contributed by atoms with Crippen LogP contribution in [0.5, 0.6) is 5.75 Å². The molecular formula is C27H29N3O4. The molecule has 1 aromatic heterocycles. The van der Waals surface area contributed by atoms with E-state index in [1.165, 1.54) is 17.5 Å². The number of piperazine rings is 1. The van der Waals surface area contributed by atoms with Crippen molar-refractivity contribution in [3.8, 4) is 5.75 Å². The molecule has 0 spiro atoms. The van der Waals surface area contributed by atoms with Gasteiger partial charge in [-0.25, -0.2) is 0 Å². The lowest BCUT2D eigenvalue weighted by Gasteiger charge is -2.48. The van der Waals surface area contributed by atoms with Crippen LogP contribution in [0.25, 0.3) is 0 Å². The van der Waals surface area contributed by atoms with Gasteiger partial charge >= 0.3 is 0 Å². The zero-order valence-corrected chi connectivity index (χ0v) is 19.3. The summed E-state index contributed by atoms with van der Waals surface area (Å²) in [4.78, 5) is 30.4. The zero-order valence-electron chi connectivity index (χ0n) is 19.3. The fourth-order valence-electron chi connectivity index (χ4n) is 5.05. The highest BCUT2D eigenvalue weighted by atomic mass is 16.5. The van der Waals surface area contributed by atoms with Crippen LogP contribution in [0.1, 0.15) is 21.7 Å². The fourth-order valence-corrected chi connectivity index (χ4v) is 5.05. The number of carbonyl (C=O) groups excluding carboxylic acids is 2. The second-order valence-electron chi connectivity index (χ2n) is 8.82. The molecule has 1 fully saturated rings. The van der Waals surface area contributed by atoms with Crippen LogP contribution >= 0.6 is 0 Å². The number of amides is 2. The van der Waals surface area contributed by atoms with Crippen molar-refractivity contribution in [1.29, 1.82) is 0 Å². The molecule has 34 heavy (non-hydrogen) atoms. The van der Waals surface area contributed by atoms with E-state index in [9.17, 15) is 9.59 Å². The SMILES string of the molecule is COc1ccc(CCNC(=O)C2Cc3ccccc3N3CCN(C(=O)c4ccco4)CC23)cc1. The second kappa shape index (κ2) is 9.63. The first-order valence-electron chi connectivity index (χ1n) is 11.7. The third-order valence-corrected chi connectivity index (χ3v) is 6.85. The molecule has 7 heteroatoms. The molecule has 3 aromatic rings. The molecular weight excluding hydrogens is 430 g/mol. The summed E-state index contributed by atoms with van der Waals surface area (Å²) in [6.45, 7) is 2.33. The summed E-state index contributed by atoms with van der Waals surface area (Å²) in [7, 11) is 1.65. The Hall–Kier alpha value is -3.74. The van der Waals surface area contributed by atoms with Gasteiger partial charge < -0.3 is 24.3 Å². The first-order valence-corrected chi connectivity index (χ1v) is 11.7. The maximum Gasteiger partial charge on any atom is 0.289 e. The van der Waals surface area contributed by atoms with E-state index in [0.29, 0.717) is 38.4 Å². The average Bonchev–Trinajstić information content (AvgIpc) is 3.43. The number of furan rings is 1. The average molecular weight is 460 g/mol. The number of nitrogens with one attached hydrogen (secondary N) is 1. The van der Waals surface area contributed by atoms with Gasteiger partial charge in [0, 0.05) is 31.9 Å². The van der Waals surface area contributed by atoms with Gasteiger partial charge in [-0.15, -0.1) is 0 Å². The Kier molecular flexibility index (Phi) is 6.25. The van der Waals surface area contributed by atoms with E-state index in [-0.39, 0.29) is 23.8 Å². The maximum absolute atomic E-state index is 13.4. The predicted molar refractivity (Wildman–Crippen MR) is 129 cm³/mol. The van der Waals surface area contributed by atoms with Crippen molar-refractivity contribution in [2.24, 2.45) is 5.92 Å². The van der Waals surface area contributed by atoms with E-state index in [0.717, 1.165) is 17.7 Å². The summed E-state index contributed by atoms with van der Waals surface area (Å²) in [5, 5.41) is 3.15. The van der Waals surface area contributed by atoms with Crippen LogP contribution in [0.4, 0.5) is 5.69 Å². The van der Waals surface area contributed by atoms with Crippen LogP contribution in [0, 0.1) is 5.92 Å². The number of hydrogen-bond acceptors (Lipinski definition) is 5. The number of rotatable bonds is 6. The molecule has 3 heterocycles. The van der Waals surface area contributed by atoms with Gasteiger partial charge in [0.15, 0.2) is 5.76 Å². The number of fused-ring (bicyclic) bond motifs is 3. The lowest BCUT2D eigenvalue weighted by Crippen LogP contribution is -2.62. The number of anilines is 1. The van der Waals surface area contributed by atoms with Gasteiger partial charge in [0.2, 0.25) is 5.91 Å². The van der Waals surface area contributed by atoms with Crippen LogP contribution in [-0.4, -0.2) is 56.0 Å². The molecule has 2 aliphatic rings. The quantitative estimate of drug-likeness (QED) is 0.613. The van der Waals surface area contributed by atoms with Crippen LogP contribution in [0.3, 0.4) is 0 Å². The molecule has 2 aliphatic heterocycles. The summed E-state index contributed by atoms with van der Waals surface area (Å²) in [5.74, 6) is 0.829.